The molecule has 0 spiro atoms. The van der Waals surface area contributed by atoms with Crippen LogP contribution in [0.15, 0.2) is 0 Å². The zero-order valence-corrected chi connectivity index (χ0v) is 15.5. The predicted octanol–water partition coefficient (Wildman–Crippen LogP) is 2.38. The van der Waals surface area contributed by atoms with E-state index >= 15 is 0 Å². The van der Waals surface area contributed by atoms with E-state index in [1.54, 1.807) is 0 Å². The van der Waals surface area contributed by atoms with Crippen LogP contribution >= 0.6 is 12.4 Å². The average molecular weight is 344 g/mol. The molecule has 0 aliphatic carbocycles. The van der Waals surface area contributed by atoms with Gasteiger partial charge in [-0.25, -0.2) is 0 Å². The van der Waals surface area contributed by atoms with Gasteiger partial charge in [-0.2, -0.15) is 0 Å². The van der Waals surface area contributed by atoms with Gasteiger partial charge in [-0.15, -0.1) is 12.4 Å². The SMILES string of the molecule is CC1CCN(C(=O)C2CCN(CC3CCNCC3)CC2)CC1.Cl. The highest BCUT2D eigenvalue weighted by atomic mass is 35.5. The van der Waals surface area contributed by atoms with E-state index in [4.69, 9.17) is 0 Å². The van der Waals surface area contributed by atoms with Crippen LogP contribution in [0.1, 0.15) is 45.4 Å². The summed E-state index contributed by atoms with van der Waals surface area (Å²) in [6, 6.07) is 0. The molecule has 0 radical (unpaired) electrons. The van der Waals surface area contributed by atoms with Crippen LogP contribution in [0.5, 0.6) is 0 Å². The van der Waals surface area contributed by atoms with Gasteiger partial charge in [0.15, 0.2) is 0 Å². The lowest BCUT2D eigenvalue weighted by molar-refractivity contribution is -0.138. The van der Waals surface area contributed by atoms with Crippen LogP contribution in [-0.2, 0) is 4.79 Å². The molecule has 3 fully saturated rings. The summed E-state index contributed by atoms with van der Waals surface area (Å²) in [6.07, 6.45) is 7.20. The van der Waals surface area contributed by atoms with E-state index in [1.807, 2.05) is 0 Å². The molecule has 0 bridgehead atoms. The molecule has 0 atom stereocenters. The highest BCUT2D eigenvalue weighted by molar-refractivity contribution is 5.85. The Bertz CT molecular complexity index is 357. The highest BCUT2D eigenvalue weighted by Gasteiger charge is 2.30. The van der Waals surface area contributed by atoms with Crippen molar-refractivity contribution in [1.82, 2.24) is 15.1 Å². The highest BCUT2D eigenvalue weighted by Crippen LogP contribution is 2.25. The van der Waals surface area contributed by atoms with Crippen molar-refractivity contribution >= 4 is 18.3 Å². The molecule has 1 amide bonds. The van der Waals surface area contributed by atoms with Crippen LogP contribution in [0, 0.1) is 17.8 Å². The molecular formula is C18H34ClN3O. The van der Waals surface area contributed by atoms with Gasteiger partial charge in [0.25, 0.3) is 0 Å². The van der Waals surface area contributed by atoms with Gasteiger partial charge in [0.05, 0.1) is 0 Å². The number of nitrogens with zero attached hydrogens (tertiary/aromatic N) is 2. The number of amides is 1. The molecule has 0 unspecified atom stereocenters. The van der Waals surface area contributed by atoms with Crippen molar-refractivity contribution in [3.8, 4) is 0 Å². The summed E-state index contributed by atoms with van der Waals surface area (Å²) in [4.78, 5) is 17.4. The molecular weight excluding hydrogens is 310 g/mol. The lowest BCUT2D eigenvalue weighted by Crippen LogP contribution is -2.46. The number of halogens is 1. The second-order valence-electron chi connectivity index (χ2n) is 7.78. The fourth-order valence-corrected chi connectivity index (χ4v) is 4.28. The topological polar surface area (TPSA) is 35.6 Å². The van der Waals surface area contributed by atoms with Crippen LogP contribution in [0.4, 0.5) is 0 Å². The summed E-state index contributed by atoms with van der Waals surface area (Å²) in [5.74, 6) is 2.43. The standard InChI is InChI=1S/C18H33N3O.ClH/c1-15-4-12-21(13-5-15)18(22)17-6-10-20(11-7-17)14-16-2-8-19-9-3-16;/h15-17,19H,2-14H2,1H3;1H. The van der Waals surface area contributed by atoms with Crippen LogP contribution in [0.25, 0.3) is 0 Å². The minimum atomic E-state index is 0. The molecule has 0 aromatic carbocycles. The van der Waals surface area contributed by atoms with Crippen molar-refractivity contribution in [3.05, 3.63) is 0 Å². The van der Waals surface area contributed by atoms with E-state index in [2.05, 4.69) is 22.0 Å². The molecule has 0 aromatic rings. The van der Waals surface area contributed by atoms with E-state index in [0.29, 0.717) is 11.8 Å². The van der Waals surface area contributed by atoms with E-state index in [1.165, 1.54) is 45.3 Å². The summed E-state index contributed by atoms with van der Waals surface area (Å²) in [6.45, 7) is 10.2. The molecule has 0 saturated carbocycles. The van der Waals surface area contributed by atoms with E-state index in [9.17, 15) is 4.79 Å². The van der Waals surface area contributed by atoms with Gasteiger partial charge in [0.2, 0.25) is 5.91 Å². The first-order valence-corrected chi connectivity index (χ1v) is 9.44. The second kappa shape index (κ2) is 9.24. The predicted molar refractivity (Wildman–Crippen MR) is 97.0 cm³/mol. The first kappa shape index (κ1) is 19.0. The first-order chi connectivity index (χ1) is 10.7. The van der Waals surface area contributed by atoms with Crippen molar-refractivity contribution in [1.29, 1.82) is 0 Å². The average Bonchev–Trinajstić information content (AvgIpc) is 2.57. The van der Waals surface area contributed by atoms with Crippen LogP contribution in [0.3, 0.4) is 0 Å². The summed E-state index contributed by atoms with van der Waals surface area (Å²) < 4.78 is 0. The Morgan fingerprint density at radius 2 is 1.57 bits per heavy atom. The molecule has 3 aliphatic heterocycles. The van der Waals surface area contributed by atoms with Crippen molar-refractivity contribution in [3.63, 3.8) is 0 Å². The smallest absolute Gasteiger partial charge is 0.225 e. The molecule has 134 valence electrons. The molecule has 4 nitrogen and oxygen atoms in total. The summed E-state index contributed by atoms with van der Waals surface area (Å²) in [5, 5.41) is 3.44. The quantitative estimate of drug-likeness (QED) is 0.854. The van der Waals surface area contributed by atoms with Gasteiger partial charge >= 0.3 is 0 Å². The number of hydrogen-bond donors (Lipinski definition) is 1. The number of carbonyl (C=O) groups is 1. The zero-order valence-electron chi connectivity index (χ0n) is 14.6. The number of likely N-dealkylation sites (tertiary alicyclic amines) is 2. The van der Waals surface area contributed by atoms with Crippen molar-refractivity contribution in [2.45, 2.75) is 45.4 Å². The Morgan fingerprint density at radius 1 is 0.957 bits per heavy atom. The number of nitrogens with one attached hydrogen (secondary N) is 1. The molecule has 3 saturated heterocycles. The maximum atomic E-state index is 12.7. The molecule has 3 aliphatic rings. The minimum absolute atomic E-state index is 0. The third-order valence-electron chi connectivity index (χ3n) is 6.01. The third kappa shape index (κ3) is 5.33. The van der Waals surface area contributed by atoms with Crippen LogP contribution in [-0.4, -0.2) is 61.5 Å². The third-order valence-corrected chi connectivity index (χ3v) is 6.01. The lowest BCUT2D eigenvalue weighted by atomic mass is 9.91. The number of hydrogen-bond acceptors (Lipinski definition) is 3. The summed E-state index contributed by atoms with van der Waals surface area (Å²) in [5.41, 5.74) is 0. The monoisotopic (exact) mass is 343 g/mol. The van der Waals surface area contributed by atoms with E-state index in [0.717, 1.165) is 50.9 Å². The maximum absolute atomic E-state index is 12.7. The molecule has 0 aromatic heterocycles. The zero-order chi connectivity index (χ0) is 15.4. The van der Waals surface area contributed by atoms with Crippen LogP contribution in [0.2, 0.25) is 0 Å². The lowest BCUT2D eigenvalue weighted by Gasteiger charge is -2.38. The van der Waals surface area contributed by atoms with Crippen molar-refractivity contribution in [2.75, 3.05) is 45.8 Å². The first-order valence-electron chi connectivity index (χ1n) is 9.44. The van der Waals surface area contributed by atoms with E-state index in [-0.39, 0.29) is 12.4 Å². The molecule has 3 rings (SSSR count). The molecule has 23 heavy (non-hydrogen) atoms. The second-order valence-corrected chi connectivity index (χ2v) is 7.78. The van der Waals surface area contributed by atoms with Gasteiger partial charge in [-0.3, -0.25) is 4.79 Å². The molecule has 5 heteroatoms. The van der Waals surface area contributed by atoms with Crippen LogP contribution < -0.4 is 5.32 Å². The Balaban J connectivity index is 0.00000192. The van der Waals surface area contributed by atoms with Gasteiger partial charge in [-0.1, -0.05) is 6.92 Å². The minimum Gasteiger partial charge on any atom is -0.342 e. The van der Waals surface area contributed by atoms with Crippen molar-refractivity contribution < 1.29 is 4.79 Å². The normalized spacial score (nSPS) is 26.0. The molecule has 1 N–H and O–H groups in total. The number of rotatable bonds is 3. The summed E-state index contributed by atoms with van der Waals surface area (Å²) >= 11 is 0. The van der Waals surface area contributed by atoms with Gasteiger partial charge < -0.3 is 15.1 Å². The Labute approximate surface area is 147 Å². The number of piperidine rings is 3. The number of carbonyl (C=O) groups excluding carboxylic acids is 1. The van der Waals surface area contributed by atoms with E-state index < -0.39 is 0 Å². The summed E-state index contributed by atoms with van der Waals surface area (Å²) in [7, 11) is 0. The maximum Gasteiger partial charge on any atom is 0.225 e. The Morgan fingerprint density at radius 3 is 2.17 bits per heavy atom. The van der Waals surface area contributed by atoms with Gasteiger partial charge in [0.1, 0.15) is 0 Å². The fourth-order valence-electron chi connectivity index (χ4n) is 4.28. The van der Waals surface area contributed by atoms with Gasteiger partial charge in [0, 0.05) is 25.6 Å². The largest absolute Gasteiger partial charge is 0.342 e. The Kier molecular flexibility index (Phi) is 7.64. The van der Waals surface area contributed by atoms with Crippen molar-refractivity contribution in [2.24, 2.45) is 17.8 Å². The molecule has 3 heterocycles. The van der Waals surface area contributed by atoms with Gasteiger partial charge in [-0.05, 0) is 76.5 Å². The fraction of sp³-hybridized carbons (Fsp3) is 0.944. The Hall–Kier alpha value is -0.320.